The van der Waals surface area contributed by atoms with Crippen LogP contribution in [0.4, 0.5) is 13.2 Å². The molecule has 1 aromatic rings. The van der Waals surface area contributed by atoms with Gasteiger partial charge in [-0.3, -0.25) is 4.99 Å². The van der Waals surface area contributed by atoms with Crippen molar-refractivity contribution in [2.75, 3.05) is 20.1 Å². The Hall–Kier alpha value is -1.81. The van der Waals surface area contributed by atoms with E-state index in [1.54, 1.807) is 7.05 Å². The van der Waals surface area contributed by atoms with Crippen LogP contribution in [0.5, 0.6) is 0 Å². The summed E-state index contributed by atoms with van der Waals surface area (Å²) >= 11 is 0. The van der Waals surface area contributed by atoms with Crippen molar-refractivity contribution in [3.8, 4) is 0 Å². The Bertz CT molecular complexity index is 807. The topological polar surface area (TPSA) is 73.8 Å². The fourth-order valence-electron chi connectivity index (χ4n) is 3.08. The van der Waals surface area contributed by atoms with E-state index in [1.165, 1.54) is 5.56 Å². The molecular formula is C19H29F3N4O2S. The Kier molecular flexibility index (Phi) is 7.21. The van der Waals surface area contributed by atoms with Crippen LogP contribution in [0.3, 0.4) is 0 Å². The van der Waals surface area contributed by atoms with Crippen LogP contribution in [0.1, 0.15) is 44.7 Å². The third-order valence-corrected chi connectivity index (χ3v) is 6.56. The first kappa shape index (κ1) is 23.5. The van der Waals surface area contributed by atoms with Gasteiger partial charge in [-0.15, -0.1) is 0 Å². The van der Waals surface area contributed by atoms with E-state index in [0.717, 1.165) is 5.56 Å². The van der Waals surface area contributed by atoms with E-state index >= 15 is 0 Å². The molecule has 0 saturated carbocycles. The summed E-state index contributed by atoms with van der Waals surface area (Å²) in [5, 5.41) is 6.34. The normalized spacial score (nSPS) is 18.0. The second kappa shape index (κ2) is 8.91. The minimum atomic E-state index is -5.26. The first-order valence-electron chi connectivity index (χ1n) is 9.47. The fraction of sp³-hybridized carbons (Fsp3) is 0.632. The van der Waals surface area contributed by atoms with Crippen molar-refractivity contribution in [2.45, 2.75) is 57.1 Å². The maximum atomic E-state index is 12.7. The molecule has 6 nitrogen and oxygen atoms in total. The Morgan fingerprint density at radius 3 is 2.14 bits per heavy atom. The van der Waals surface area contributed by atoms with Gasteiger partial charge in [-0.25, -0.2) is 8.42 Å². The number of halogens is 3. The zero-order valence-electron chi connectivity index (χ0n) is 17.2. The molecule has 29 heavy (non-hydrogen) atoms. The summed E-state index contributed by atoms with van der Waals surface area (Å²) < 4.78 is 61.4. The monoisotopic (exact) mass is 434 g/mol. The molecule has 0 amide bonds. The van der Waals surface area contributed by atoms with Gasteiger partial charge in [0, 0.05) is 32.7 Å². The molecule has 2 N–H and O–H groups in total. The molecule has 1 fully saturated rings. The predicted molar refractivity (Wildman–Crippen MR) is 108 cm³/mol. The molecule has 1 heterocycles. The number of alkyl halides is 3. The van der Waals surface area contributed by atoms with Crippen molar-refractivity contribution < 1.29 is 21.6 Å². The smallest absolute Gasteiger partial charge is 0.354 e. The van der Waals surface area contributed by atoms with E-state index in [0.29, 0.717) is 16.8 Å². The molecule has 0 unspecified atom stereocenters. The average Bonchev–Trinajstić information content (AvgIpc) is 2.64. The quantitative estimate of drug-likeness (QED) is 0.565. The second-order valence-corrected chi connectivity index (χ2v) is 10.1. The van der Waals surface area contributed by atoms with Gasteiger partial charge in [-0.1, -0.05) is 45.0 Å². The summed E-state index contributed by atoms with van der Waals surface area (Å²) in [6, 6.07) is 8.11. The number of nitrogens with one attached hydrogen (secondary N) is 2. The first-order chi connectivity index (χ1) is 13.3. The van der Waals surface area contributed by atoms with Crippen LogP contribution in [0, 0.1) is 0 Å². The van der Waals surface area contributed by atoms with Gasteiger partial charge in [-0.2, -0.15) is 17.5 Å². The number of hydrogen-bond donors (Lipinski definition) is 2. The van der Waals surface area contributed by atoms with Gasteiger partial charge in [0.25, 0.3) is 0 Å². The molecular weight excluding hydrogens is 405 g/mol. The Morgan fingerprint density at radius 2 is 1.69 bits per heavy atom. The highest BCUT2D eigenvalue weighted by Gasteiger charge is 2.50. The number of nitrogens with zero attached hydrogens (tertiary/aromatic N) is 2. The Labute approximate surface area is 170 Å². The molecule has 1 aliphatic rings. The van der Waals surface area contributed by atoms with Gasteiger partial charge in [0.2, 0.25) is 0 Å². The fourth-order valence-corrected chi connectivity index (χ4v) is 4.07. The SMILES string of the molecule is CN=C(NCc1ccc(C(C)(C)C)cc1)NC1CCN(S(=O)(=O)C(F)(F)F)CC1. The summed E-state index contributed by atoms with van der Waals surface area (Å²) in [5.74, 6) is 0.530. The number of sulfonamides is 1. The van der Waals surface area contributed by atoms with Crippen LogP contribution in [-0.4, -0.2) is 50.4 Å². The predicted octanol–water partition coefficient (Wildman–Crippen LogP) is 2.96. The highest BCUT2D eigenvalue weighted by molar-refractivity contribution is 7.90. The maximum Gasteiger partial charge on any atom is 0.511 e. The number of rotatable bonds is 4. The standard InChI is InChI=1S/C19H29F3N4O2S/c1-18(2,3)15-7-5-14(6-8-15)13-24-17(23-4)25-16-9-11-26(12-10-16)29(27,28)19(20,21)22/h5-8,16H,9-13H2,1-4H3,(H2,23,24,25). The molecule has 1 saturated heterocycles. The number of aliphatic imine (C=N–C) groups is 1. The van der Waals surface area contributed by atoms with Crippen LogP contribution < -0.4 is 10.6 Å². The summed E-state index contributed by atoms with van der Waals surface area (Å²) in [5.41, 5.74) is -2.86. The third-order valence-electron chi connectivity index (χ3n) is 4.93. The van der Waals surface area contributed by atoms with E-state index in [-0.39, 0.29) is 37.4 Å². The van der Waals surface area contributed by atoms with Crippen LogP contribution in [0.15, 0.2) is 29.3 Å². The van der Waals surface area contributed by atoms with Crippen molar-refractivity contribution in [1.29, 1.82) is 0 Å². The molecule has 0 bridgehead atoms. The molecule has 1 aromatic carbocycles. The van der Waals surface area contributed by atoms with Crippen molar-refractivity contribution in [1.82, 2.24) is 14.9 Å². The first-order valence-corrected chi connectivity index (χ1v) is 10.9. The van der Waals surface area contributed by atoms with Crippen LogP contribution in [-0.2, 0) is 22.0 Å². The molecule has 164 valence electrons. The molecule has 0 spiro atoms. The van der Waals surface area contributed by atoms with Crippen LogP contribution >= 0.6 is 0 Å². The van der Waals surface area contributed by atoms with Crippen LogP contribution in [0.2, 0.25) is 0 Å². The van der Waals surface area contributed by atoms with Crippen molar-refractivity contribution in [2.24, 2.45) is 4.99 Å². The lowest BCUT2D eigenvalue weighted by molar-refractivity contribution is -0.0494. The molecule has 0 aliphatic carbocycles. The van der Waals surface area contributed by atoms with Gasteiger partial charge >= 0.3 is 15.5 Å². The van der Waals surface area contributed by atoms with Gasteiger partial charge in [0.15, 0.2) is 5.96 Å². The van der Waals surface area contributed by atoms with E-state index in [9.17, 15) is 21.6 Å². The number of guanidine groups is 1. The van der Waals surface area contributed by atoms with Gasteiger partial charge in [0.1, 0.15) is 0 Å². The zero-order chi connectivity index (χ0) is 21.9. The molecule has 0 atom stereocenters. The minimum Gasteiger partial charge on any atom is -0.354 e. The van der Waals surface area contributed by atoms with E-state index in [4.69, 9.17) is 0 Å². The zero-order valence-corrected chi connectivity index (χ0v) is 18.0. The summed E-state index contributed by atoms with van der Waals surface area (Å²) in [7, 11) is -3.65. The molecule has 10 heteroatoms. The summed E-state index contributed by atoms with van der Waals surface area (Å²) in [6.45, 7) is 6.65. The van der Waals surface area contributed by atoms with E-state index in [1.807, 2.05) is 12.1 Å². The number of hydrogen-bond acceptors (Lipinski definition) is 3. The van der Waals surface area contributed by atoms with Crippen LogP contribution in [0.25, 0.3) is 0 Å². The van der Waals surface area contributed by atoms with Crippen molar-refractivity contribution in [3.63, 3.8) is 0 Å². The third kappa shape index (κ3) is 6.08. The second-order valence-electron chi connectivity index (χ2n) is 8.14. The minimum absolute atomic E-state index is 0.0814. The summed E-state index contributed by atoms with van der Waals surface area (Å²) in [4.78, 5) is 4.14. The highest BCUT2D eigenvalue weighted by Crippen LogP contribution is 2.29. The largest absolute Gasteiger partial charge is 0.511 e. The summed E-state index contributed by atoms with van der Waals surface area (Å²) in [6.07, 6.45) is 0.548. The lowest BCUT2D eigenvalue weighted by atomic mass is 9.87. The van der Waals surface area contributed by atoms with Gasteiger partial charge in [0.05, 0.1) is 0 Å². The van der Waals surface area contributed by atoms with Gasteiger partial charge < -0.3 is 10.6 Å². The molecule has 0 radical (unpaired) electrons. The Morgan fingerprint density at radius 1 is 1.14 bits per heavy atom. The number of benzene rings is 1. The van der Waals surface area contributed by atoms with Gasteiger partial charge in [-0.05, 0) is 29.4 Å². The highest BCUT2D eigenvalue weighted by atomic mass is 32.2. The molecule has 0 aromatic heterocycles. The Balaban J connectivity index is 1.86. The maximum absolute atomic E-state index is 12.7. The van der Waals surface area contributed by atoms with Crippen molar-refractivity contribution in [3.05, 3.63) is 35.4 Å². The lowest BCUT2D eigenvalue weighted by Gasteiger charge is -2.32. The molecule has 1 aliphatic heterocycles. The van der Waals surface area contributed by atoms with E-state index < -0.39 is 15.5 Å². The average molecular weight is 435 g/mol. The molecule has 2 rings (SSSR count). The number of piperidine rings is 1. The van der Waals surface area contributed by atoms with E-state index in [2.05, 4.69) is 48.5 Å². The lowest BCUT2D eigenvalue weighted by Crippen LogP contribution is -2.51. The van der Waals surface area contributed by atoms with Crippen molar-refractivity contribution >= 4 is 16.0 Å².